The first kappa shape index (κ1) is 42.1. The number of carbonyl (C=O) groups is 2. The molecule has 2 aliphatic heterocycles. The molecule has 0 N–H and O–H groups in total. The van der Waals surface area contributed by atoms with Gasteiger partial charge in [-0.05, 0) is 55.4 Å². The van der Waals surface area contributed by atoms with E-state index in [1.165, 1.54) is 29.1 Å². The summed E-state index contributed by atoms with van der Waals surface area (Å²) in [7, 11) is -8.03. The Kier molecular flexibility index (Phi) is 11.4. The van der Waals surface area contributed by atoms with Crippen LogP contribution in [0, 0.1) is 13.8 Å². The van der Waals surface area contributed by atoms with Crippen LogP contribution in [0.5, 0.6) is 5.19 Å². The third-order valence-electron chi connectivity index (χ3n) is 7.20. The van der Waals surface area contributed by atoms with Crippen LogP contribution in [0.25, 0.3) is 0 Å². The van der Waals surface area contributed by atoms with Gasteiger partial charge < -0.3 is 14.2 Å². The highest BCUT2D eigenvalue weighted by atomic mass is 35.5. The van der Waals surface area contributed by atoms with E-state index in [0.717, 1.165) is 19.5 Å². The van der Waals surface area contributed by atoms with E-state index in [2.05, 4.69) is 24.9 Å². The second-order valence-electron chi connectivity index (χ2n) is 14.2. The van der Waals surface area contributed by atoms with Crippen molar-refractivity contribution in [1.29, 1.82) is 0 Å². The smallest absolute Gasteiger partial charge is 0.422 e. The van der Waals surface area contributed by atoms with E-state index >= 15 is 0 Å². The highest BCUT2D eigenvalue weighted by molar-refractivity contribution is 7.92. The molecule has 6 rings (SSSR count). The third-order valence-corrected chi connectivity index (χ3v) is 13.8. The average Bonchev–Trinajstić information content (AvgIpc) is 3.83. The van der Waals surface area contributed by atoms with Gasteiger partial charge in [0.25, 0.3) is 25.2 Å². The van der Waals surface area contributed by atoms with Crippen molar-refractivity contribution in [3.8, 4) is 5.19 Å². The molecular weight excluding hydrogens is 837 g/mol. The number of thiazole rings is 2. The first-order valence-electron chi connectivity index (χ1n) is 16.0. The molecule has 302 valence electrons. The predicted molar refractivity (Wildman–Crippen MR) is 191 cm³/mol. The molecule has 2 aliphatic rings. The molecule has 25 heteroatoms. The summed E-state index contributed by atoms with van der Waals surface area (Å²) in [5, 5.41) is 7.77. The van der Waals surface area contributed by atoms with Gasteiger partial charge >= 0.3 is 18.4 Å². The quantitative estimate of drug-likeness (QED) is 0.223. The fourth-order valence-corrected chi connectivity index (χ4v) is 10.5. The van der Waals surface area contributed by atoms with Crippen LogP contribution in [0.4, 0.5) is 22.8 Å². The Bertz CT molecular complexity index is 2290. The molecule has 0 radical (unpaired) electrons. The van der Waals surface area contributed by atoms with Crippen molar-refractivity contribution in [2.75, 3.05) is 6.61 Å². The molecule has 2 amide bonds. The second kappa shape index (κ2) is 14.8. The molecule has 0 aromatic carbocycles. The highest BCUT2D eigenvalue weighted by Gasteiger charge is 2.36. The Morgan fingerprint density at radius 3 is 1.53 bits per heavy atom. The Morgan fingerprint density at radius 1 is 0.745 bits per heavy atom. The summed E-state index contributed by atoms with van der Waals surface area (Å²) in [5.74, 6) is 0. The molecule has 55 heavy (non-hydrogen) atoms. The number of ether oxygens (including phenoxy) is 3. The van der Waals surface area contributed by atoms with Gasteiger partial charge in [0, 0.05) is 23.5 Å². The van der Waals surface area contributed by atoms with Crippen molar-refractivity contribution in [2.45, 2.75) is 107 Å². The molecule has 0 spiro atoms. The van der Waals surface area contributed by atoms with Crippen molar-refractivity contribution < 1.29 is 53.8 Å². The summed E-state index contributed by atoms with van der Waals surface area (Å²) in [4.78, 5) is 34.8. The normalized spacial score (nSPS) is 14.7. The van der Waals surface area contributed by atoms with E-state index in [0.29, 0.717) is 39.5 Å². The highest BCUT2D eigenvalue weighted by Crippen LogP contribution is 2.34. The van der Waals surface area contributed by atoms with Crippen molar-refractivity contribution in [3.05, 3.63) is 50.8 Å². The van der Waals surface area contributed by atoms with Crippen LogP contribution in [0.3, 0.4) is 0 Å². The fraction of sp³-hybridized carbons (Fsp3) is 0.533. The van der Waals surface area contributed by atoms with Crippen LogP contribution in [0.1, 0.15) is 75.4 Å². The number of alkyl halides is 3. The molecule has 0 bridgehead atoms. The summed E-state index contributed by atoms with van der Waals surface area (Å²) >= 11 is 7.17. The number of fused-ring (bicyclic) bond motifs is 2. The predicted octanol–water partition coefficient (Wildman–Crippen LogP) is 5.87. The van der Waals surface area contributed by atoms with Gasteiger partial charge in [0.1, 0.15) is 11.2 Å². The largest absolute Gasteiger partial charge is 0.460 e. The van der Waals surface area contributed by atoms with Crippen molar-refractivity contribution >= 4 is 66.5 Å². The van der Waals surface area contributed by atoms with Gasteiger partial charge in [-0.3, -0.25) is 9.80 Å². The molecule has 0 saturated heterocycles. The molecule has 17 nitrogen and oxygen atoms in total. The molecule has 6 heterocycles. The summed E-state index contributed by atoms with van der Waals surface area (Å²) < 4.78 is 105. The van der Waals surface area contributed by atoms with Crippen LogP contribution in [-0.4, -0.2) is 91.1 Å². The first-order chi connectivity index (χ1) is 25.1. The lowest BCUT2D eigenvalue weighted by Gasteiger charge is -2.24. The van der Waals surface area contributed by atoms with Gasteiger partial charge in [-0.15, -0.1) is 0 Å². The van der Waals surface area contributed by atoms with E-state index < -0.39 is 61.4 Å². The van der Waals surface area contributed by atoms with Gasteiger partial charge in [-0.1, -0.05) is 34.3 Å². The maximum absolute atomic E-state index is 12.9. The van der Waals surface area contributed by atoms with E-state index in [1.807, 2.05) is 0 Å². The zero-order valence-electron chi connectivity index (χ0n) is 30.6. The number of hydrogen-bond donors (Lipinski definition) is 0. The minimum absolute atomic E-state index is 0.00298. The summed E-state index contributed by atoms with van der Waals surface area (Å²) in [6, 6.07) is 0. The number of amides is 2. The van der Waals surface area contributed by atoms with E-state index in [1.54, 1.807) is 48.5 Å². The summed E-state index contributed by atoms with van der Waals surface area (Å²) in [6.07, 6.45) is -2.88. The number of aromatic nitrogens is 6. The SMILES string of the molecule is Cc1nc(Cl)sc1S(=O)(=O)n1cc2c(n1)CN(C(=O)OC(C)(C)C)C2.Cc1nc(OCC(F)(F)F)sc1S(=O)(=O)n1cc2c(n1)CN(C(=O)OC(C)(C)C)C2. The van der Waals surface area contributed by atoms with E-state index in [9.17, 15) is 39.6 Å². The van der Waals surface area contributed by atoms with Crippen LogP contribution in [0.2, 0.25) is 4.47 Å². The topological polar surface area (TPSA) is 198 Å². The minimum atomic E-state index is -4.57. The van der Waals surface area contributed by atoms with Gasteiger partial charge in [-0.2, -0.15) is 48.4 Å². The lowest BCUT2D eigenvalue weighted by atomic mass is 10.2. The monoisotopic (exact) mass is 872 g/mol. The molecule has 0 aliphatic carbocycles. The van der Waals surface area contributed by atoms with Crippen molar-refractivity contribution in [3.63, 3.8) is 0 Å². The van der Waals surface area contributed by atoms with E-state index in [4.69, 9.17) is 21.1 Å². The van der Waals surface area contributed by atoms with Crippen LogP contribution in [0.15, 0.2) is 20.8 Å². The zero-order chi connectivity index (χ0) is 41.1. The fourth-order valence-electron chi connectivity index (χ4n) is 4.98. The molecule has 0 fully saturated rings. The number of aryl methyl sites for hydroxylation is 2. The summed E-state index contributed by atoms with van der Waals surface area (Å²) in [5.41, 5.74) is 1.19. The number of halogens is 4. The maximum Gasteiger partial charge on any atom is 0.422 e. The first-order valence-corrected chi connectivity index (χ1v) is 20.9. The zero-order valence-corrected chi connectivity index (χ0v) is 34.6. The van der Waals surface area contributed by atoms with Crippen LogP contribution in [-0.2, 0) is 55.7 Å². The van der Waals surface area contributed by atoms with Gasteiger partial charge in [0.15, 0.2) is 19.5 Å². The minimum Gasteiger partial charge on any atom is -0.460 e. The van der Waals surface area contributed by atoms with Crippen LogP contribution >= 0.6 is 34.3 Å². The number of carbonyl (C=O) groups excluding carboxylic acids is 2. The molecule has 0 saturated carbocycles. The summed E-state index contributed by atoms with van der Waals surface area (Å²) in [6.45, 7) is 12.6. The second-order valence-corrected chi connectivity index (χ2v) is 20.8. The maximum atomic E-state index is 12.9. The number of rotatable bonds is 6. The van der Waals surface area contributed by atoms with E-state index in [-0.39, 0.29) is 44.8 Å². The van der Waals surface area contributed by atoms with Gasteiger partial charge in [0.2, 0.25) is 0 Å². The van der Waals surface area contributed by atoms with Gasteiger partial charge in [0.05, 0.1) is 49.0 Å². The Labute approximate surface area is 327 Å². The van der Waals surface area contributed by atoms with Gasteiger partial charge in [-0.25, -0.2) is 19.6 Å². The van der Waals surface area contributed by atoms with Crippen LogP contribution < -0.4 is 4.74 Å². The Balaban J connectivity index is 0.000000214. The number of nitrogens with zero attached hydrogens (tertiary/aromatic N) is 8. The molecule has 0 atom stereocenters. The van der Waals surface area contributed by atoms with Crippen molar-refractivity contribution in [2.24, 2.45) is 0 Å². The Hall–Kier alpha value is -4.00. The van der Waals surface area contributed by atoms with Crippen molar-refractivity contribution in [1.82, 2.24) is 38.1 Å². The average molecular weight is 873 g/mol. The number of hydrogen-bond acceptors (Lipinski definition) is 15. The lowest BCUT2D eigenvalue weighted by molar-refractivity contribution is -0.153. The molecular formula is C30H36ClF3N8O9S4. The molecule has 4 aromatic rings. The molecule has 4 aromatic heterocycles. The Morgan fingerprint density at radius 2 is 1.16 bits per heavy atom. The molecule has 0 unspecified atom stereocenters. The lowest BCUT2D eigenvalue weighted by Crippen LogP contribution is -2.33. The third kappa shape index (κ3) is 9.88. The standard InChI is InChI=1S/C16H19F3N4O5S2.C14H17ClN4O4S2/c1-9-12(29-13(20-9)27-8-16(17,18)19)30(25,26)23-6-10-5-22(7-11(10)21-23)14(24)28-15(2,3)4;1-8-11(24-12(15)16-8)25(21,22)19-6-9-5-18(7-10(9)17-19)13(20)23-14(2,3)4/h6H,5,7-8H2,1-4H3;6H,5,7H2,1-4H3.